The second-order valence-corrected chi connectivity index (χ2v) is 8.11. The zero-order chi connectivity index (χ0) is 18.2. The van der Waals surface area contributed by atoms with Crippen LogP contribution in [0.5, 0.6) is 0 Å². The molecule has 5 atom stereocenters. The van der Waals surface area contributed by atoms with Gasteiger partial charge in [0.25, 0.3) is 0 Å². The Labute approximate surface area is 149 Å². The number of hydrogen-bond acceptors (Lipinski definition) is 5. The van der Waals surface area contributed by atoms with Crippen molar-refractivity contribution in [3.63, 3.8) is 0 Å². The Bertz CT molecular complexity index is 577. The minimum atomic E-state index is -0.985. The molecule has 3 rings (SSSR count). The number of rotatable bonds is 1. The molecule has 2 N–H and O–H groups in total. The van der Waals surface area contributed by atoms with Crippen LogP contribution in [0, 0.1) is 5.92 Å². The van der Waals surface area contributed by atoms with Crippen LogP contribution in [0.1, 0.15) is 58.8 Å². The second-order valence-electron chi connectivity index (χ2n) is 8.11. The lowest BCUT2D eigenvalue weighted by Crippen LogP contribution is -2.52. The first-order chi connectivity index (χ1) is 11.8. The maximum atomic E-state index is 12.1. The molecule has 0 aromatic rings. The Kier molecular flexibility index (Phi) is 5.37. The largest absolute Gasteiger partial charge is 0.452 e. The highest BCUT2D eigenvalue weighted by atomic mass is 16.6. The molecule has 0 aliphatic carbocycles. The minimum Gasteiger partial charge on any atom is -0.452 e. The van der Waals surface area contributed by atoms with E-state index in [1.807, 2.05) is 6.92 Å². The maximum absolute atomic E-state index is 12.1. The van der Waals surface area contributed by atoms with Crippen molar-refractivity contribution < 1.29 is 24.5 Å². The number of hydrogen-bond donors (Lipinski definition) is 2. The fraction of sp³-hybridized carbons (Fsp3) is 0.750. The first-order valence-corrected chi connectivity index (χ1v) is 9.41. The molecule has 3 aliphatic rings. The van der Waals surface area contributed by atoms with Crippen molar-refractivity contribution in [3.05, 3.63) is 23.3 Å². The predicted octanol–water partition coefficient (Wildman–Crippen LogP) is 2.66. The number of carbonyl (C=O) groups excluding carboxylic acids is 1. The van der Waals surface area contributed by atoms with Gasteiger partial charge in [0.1, 0.15) is 6.10 Å². The summed E-state index contributed by atoms with van der Waals surface area (Å²) in [5.74, 6) is -0.252. The number of ether oxygens (including phenoxy) is 2. The third kappa shape index (κ3) is 3.69. The van der Waals surface area contributed by atoms with Gasteiger partial charge in [-0.3, -0.25) is 0 Å². The van der Waals surface area contributed by atoms with E-state index in [2.05, 4.69) is 13.5 Å². The van der Waals surface area contributed by atoms with Gasteiger partial charge in [0.05, 0.1) is 23.9 Å². The number of esters is 1. The quantitative estimate of drug-likeness (QED) is 0.562. The van der Waals surface area contributed by atoms with E-state index in [4.69, 9.17) is 9.47 Å². The summed E-state index contributed by atoms with van der Waals surface area (Å²) in [7, 11) is 0. The van der Waals surface area contributed by atoms with Crippen molar-refractivity contribution in [2.24, 2.45) is 5.92 Å². The summed E-state index contributed by atoms with van der Waals surface area (Å²) in [4.78, 5) is 12.1. The second kappa shape index (κ2) is 7.22. The van der Waals surface area contributed by atoms with Gasteiger partial charge in [0, 0.05) is 6.42 Å². The zero-order valence-electron chi connectivity index (χ0n) is 15.3. The molecule has 2 bridgehead atoms. The summed E-state index contributed by atoms with van der Waals surface area (Å²) in [6, 6.07) is 0. The number of allylic oxidation sites excluding steroid dienone is 1. The summed E-state index contributed by atoms with van der Waals surface area (Å²) >= 11 is 0. The number of aliphatic hydroxyl groups excluding tert-OH is 1. The molecule has 0 spiro atoms. The van der Waals surface area contributed by atoms with Gasteiger partial charge in [-0.25, -0.2) is 4.79 Å². The Morgan fingerprint density at radius 3 is 2.76 bits per heavy atom. The van der Waals surface area contributed by atoms with Gasteiger partial charge < -0.3 is 19.7 Å². The van der Waals surface area contributed by atoms with Crippen LogP contribution in [-0.4, -0.2) is 46.7 Å². The topological polar surface area (TPSA) is 76.0 Å². The highest BCUT2D eigenvalue weighted by molar-refractivity contribution is 5.92. The van der Waals surface area contributed by atoms with Gasteiger partial charge in [-0.1, -0.05) is 19.1 Å². The molecule has 0 radical (unpaired) electrons. The fourth-order valence-corrected chi connectivity index (χ4v) is 4.36. The lowest BCUT2D eigenvalue weighted by Gasteiger charge is -2.44. The maximum Gasteiger partial charge on any atom is 0.337 e. The molecule has 140 valence electrons. The molecule has 2 fully saturated rings. The molecule has 0 saturated carbocycles. The Hall–Kier alpha value is -1.17. The van der Waals surface area contributed by atoms with E-state index in [0.717, 1.165) is 37.7 Å². The Balaban J connectivity index is 1.93. The van der Waals surface area contributed by atoms with Gasteiger partial charge in [0.15, 0.2) is 6.10 Å². The summed E-state index contributed by atoms with van der Waals surface area (Å²) in [5.41, 5.74) is 1.43. The SMILES string of the molecule is C=C1CCC[C@@H](C)[C@@H]2O[C@@H](CC3=C(CO)C(=O)O[C@@H]32)[C@](C)(O)CCC1. The van der Waals surface area contributed by atoms with Crippen LogP contribution < -0.4 is 0 Å². The highest BCUT2D eigenvalue weighted by Gasteiger charge is 2.50. The van der Waals surface area contributed by atoms with Crippen LogP contribution in [0.15, 0.2) is 23.3 Å². The average molecular weight is 350 g/mol. The van der Waals surface area contributed by atoms with Crippen LogP contribution in [0.25, 0.3) is 0 Å². The van der Waals surface area contributed by atoms with Crippen LogP contribution >= 0.6 is 0 Å². The summed E-state index contributed by atoms with van der Waals surface area (Å²) in [6.45, 7) is 7.76. The highest BCUT2D eigenvalue weighted by Crippen LogP contribution is 2.42. The smallest absolute Gasteiger partial charge is 0.337 e. The van der Waals surface area contributed by atoms with Crippen LogP contribution in [0.4, 0.5) is 0 Å². The van der Waals surface area contributed by atoms with Crippen molar-refractivity contribution in [1.29, 1.82) is 0 Å². The van der Waals surface area contributed by atoms with E-state index in [9.17, 15) is 15.0 Å². The minimum absolute atomic E-state index is 0.191. The van der Waals surface area contributed by atoms with Crippen LogP contribution in [0.3, 0.4) is 0 Å². The summed E-state index contributed by atoms with van der Waals surface area (Å²) in [6.07, 6.45) is 4.73. The number of carbonyl (C=O) groups is 1. The van der Waals surface area contributed by atoms with Crippen molar-refractivity contribution in [1.82, 2.24) is 0 Å². The van der Waals surface area contributed by atoms with Crippen molar-refractivity contribution >= 4 is 5.97 Å². The molecular weight excluding hydrogens is 320 g/mol. The van der Waals surface area contributed by atoms with Gasteiger partial charge >= 0.3 is 5.97 Å². The fourth-order valence-electron chi connectivity index (χ4n) is 4.36. The average Bonchev–Trinajstić information content (AvgIpc) is 2.87. The first-order valence-electron chi connectivity index (χ1n) is 9.41. The van der Waals surface area contributed by atoms with Gasteiger partial charge in [-0.05, 0) is 56.9 Å². The van der Waals surface area contributed by atoms with Gasteiger partial charge in [-0.2, -0.15) is 0 Å². The monoisotopic (exact) mass is 350 g/mol. The van der Waals surface area contributed by atoms with E-state index >= 15 is 0 Å². The summed E-state index contributed by atoms with van der Waals surface area (Å²) < 4.78 is 11.8. The van der Waals surface area contributed by atoms with Crippen LogP contribution in [0.2, 0.25) is 0 Å². The lowest BCUT2D eigenvalue weighted by atomic mass is 9.79. The van der Waals surface area contributed by atoms with Gasteiger partial charge in [0.2, 0.25) is 0 Å². The van der Waals surface area contributed by atoms with E-state index in [1.165, 1.54) is 5.57 Å². The molecule has 2 saturated heterocycles. The normalized spacial score (nSPS) is 40.2. The standard InChI is InChI=1S/C20H30O5/c1-12-6-4-8-13(2)17-18-14(15(11-21)19(22)25-18)10-16(24-17)20(3,23)9-5-7-12/h13,16-18,21,23H,1,4-11H2,2-3H3/t13-,16+,17+,18+,20-/m1/s1. The molecular formula is C20H30O5. The number of fused-ring (bicyclic) bond motifs is 4. The molecule has 0 aromatic heterocycles. The van der Waals surface area contributed by atoms with E-state index in [0.29, 0.717) is 18.4 Å². The molecule has 3 heterocycles. The van der Waals surface area contributed by atoms with Crippen molar-refractivity contribution in [3.8, 4) is 0 Å². The van der Waals surface area contributed by atoms with E-state index in [-0.39, 0.29) is 18.6 Å². The molecule has 25 heavy (non-hydrogen) atoms. The van der Waals surface area contributed by atoms with Crippen molar-refractivity contribution in [2.75, 3.05) is 6.61 Å². The molecule has 3 aliphatic heterocycles. The molecule has 0 aromatic carbocycles. The lowest BCUT2D eigenvalue weighted by molar-refractivity contribution is -0.188. The Morgan fingerprint density at radius 1 is 1.32 bits per heavy atom. The van der Waals surface area contributed by atoms with Crippen molar-refractivity contribution in [2.45, 2.75) is 82.7 Å². The van der Waals surface area contributed by atoms with E-state index < -0.39 is 23.8 Å². The zero-order valence-corrected chi connectivity index (χ0v) is 15.3. The molecule has 0 amide bonds. The molecule has 5 nitrogen and oxygen atoms in total. The molecule has 5 heteroatoms. The third-order valence-electron chi connectivity index (χ3n) is 6.05. The van der Waals surface area contributed by atoms with E-state index in [1.54, 1.807) is 0 Å². The summed E-state index contributed by atoms with van der Waals surface area (Å²) in [5, 5.41) is 20.6. The predicted molar refractivity (Wildman–Crippen MR) is 93.9 cm³/mol. The van der Waals surface area contributed by atoms with Crippen LogP contribution in [-0.2, 0) is 14.3 Å². The first kappa shape index (κ1) is 18.6. The van der Waals surface area contributed by atoms with Gasteiger partial charge in [-0.15, -0.1) is 0 Å². The number of aliphatic hydroxyl groups is 2. The Morgan fingerprint density at radius 2 is 2.04 bits per heavy atom. The third-order valence-corrected chi connectivity index (χ3v) is 6.05. The molecule has 0 unspecified atom stereocenters.